The van der Waals surface area contributed by atoms with Crippen molar-refractivity contribution in [1.82, 2.24) is 19.1 Å². The monoisotopic (exact) mass is 775 g/mol. The van der Waals surface area contributed by atoms with Crippen molar-refractivity contribution in [2.24, 2.45) is 0 Å². The van der Waals surface area contributed by atoms with Crippen LogP contribution < -0.4 is 0 Å². The molecule has 290 valence electrons. The first-order chi connectivity index (χ1) is 29.0. The predicted molar refractivity (Wildman–Crippen MR) is 250 cm³/mol. The quantitative estimate of drug-likeness (QED) is 0.175. The minimum atomic E-state index is 0.549. The van der Waals surface area contributed by atoms with Gasteiger partial charge in [0.2, 0.25) is 0 Å². The molecule has 0 atom stereocenters. The van der Waals surface area contributed by atoms with Crippen LogP contribution in [0.1, 0.15) is 50.3 Å². The molecule has 10 rings (SSSR count). The maximum atomic E-state index is 10.9. The summed E-state index contributed by atoms with van der Waals surface area (Å²) in [4.78, 5) is 10.4. The minimum absolute atomic E-state index is 0.549. The molecule has 0 N–H and O–H groups in total. The zero-order chi connectivity index (χ0) is 41.6. The molecule has 0 fully saturated rings. The van der Waals surface area contributed by atoms with Gasteiger partial charge in [-0.05, 0) is 142 Å². The van der Waals surface area contributed by atoms with Crippen molar-refractivity contribution >= 4 is 43.6 Å². The average molecular weight is 776 g/mol. The number of aromatic nitrogens is 4. The van der Waals surface area contributed by atoms with Gasteiger partial charge in [0.1, 0.15) is 0 Å². The van der Waals surface area contributed by atoms with Crippen LogP contribution in [0.3, 0.4) is 0 Å². The van der Waals surface area contributed by atoms with Crippen LogP contribution in [0.4, 0.5) is 0 Å². The lowest BCUT2D eigenvalue weighted by molar-refractivity contribution is 1.04. The summed E-state index contributed by atoms with van der Waals surface area (Å²) < 4.78 is 4.68. The Balaban J connectivity index is 1.37. The lowest BCUT2D eigenvalue weighted by Gasteiger charge is -2.21. The Morgan fingerprint density at radius 1 is 0.417 bits per heavy atom. The van der Waals surface area contributed by atoms with E-state index in [1.54, 1.807) is 0 Å². The van der Waals surface area contributed by atoms with Crippen LogP contribution in [0.2, 0.25) is 0 Å². The molecule has 0 aliphatic rings. The van der Waals surface area contributed by atoms with Crippen LogP contribution in [0, 0.1) is 66.7 Å². The van der Waals surface area contributed by atoms with E-state index in [0.29, 0.717) is 11.4 Å². The number of aryl methyl sites for hydroxylation is 8. The molecule has 60 heavy (non-hydrogen) atoms. The van der Waals surface area contributed by atoms with Crippen LogP contribution in [0.5, 0.6) is 0 Å². The van der Waals surface area contributed by atoms with Gasteiger partial charge in [-0.1, -0.05) is 96.1 Å². The van der Waals surface area contributed by atoms with Crippen LogP contribution in [-0.2, 0) is 0 Å². The molecule has 0 bridgehead atoms. The predicted octanol–water partition coefficient (Wildman–Crippen LogP) is 14.0. The first kappa shape index (κ1) is 37.0. The first-order valence-electron chi connectivity index (χ1n) is 20.6. The Morgan fingerprint density at radius 2 is 0.817 bits per heavy atom. The summed E-state index contributed by atoms with van der Waals surface area (Å²) in [5.41, 5.74) is 21.3. The lowest BCUT2D eigenvalue weighted by atomic mass is 9.93. The van der Waals surface area contributed by atoms with Crippen molar-refractivity contribution in [2.45, 2.75) is 55.4 Å². The Bertz CT molecular complexity index is 3220. The third kappa shape index (κ3) is 5.82. The van der Waals surface area contributed by atoms with E-state index >= 15 is 0 Å². The zero-order valence-electron chi connectivity index (χ0n) is 35.4. The number of fused-ring (bicyclic) bond motifs is 6. The minimum Gasteiger partial charge on any atom is -0.308 e. The van der Waals surface area contributed by atoms with E-state index in [2.05, 4.69) is 166 Å². The molecule has 7 aromatic carbocycles. The van der Waals surface area contributed by atoms with Gasteiger partial charge in [0, 0.05) is 32.9 Å². The van der Waals surface area contributed by atoms with Crippen molar-refractivity contribution in [3.05, 3.63) is 178 Å². The molecule has 3 heterocycles. The number of benzene rings is 7. The molecule has 0 spiro atoms. The summed E-state index contributed by atoms with van der Waals surface area (Å²) >= 11 is 0. The molecule has 0 aliphatic carbocycles. The van der Waals surface area contributed by atoms with Crippen molar-refractivity contribution in [1.29, 1.82) is 5.26 Å². The second-order valence-electron chi connectivity index (χ2n) is 16.7. The highest BCUT2D eigenvalue weighted by molar-refractivity contribution is 6.13. The summed E-state index contributed by atoms with van der Waals surface area (Å²) in [6.45, 7) is 17.2. The molecule has 0 aliphatic heterocycles. The van der Waals surface area contributed by atoms with E-state index < -0.39 is 0 Å². The van der Waals surface area contributed by atoms with Crippen molar-refractivity contribution in [3.63, 3.8) is 0 Å². The number of nitrogens with zero attached hydrogens (tertiary/aromatic N) is 5. The van der Waals surface area contributed by atoms with Gasteiger partial charge in [-0.3, -0.25) is 0 Å². The van der Waals surface area contributed by atoms with Gasteiger partial charge >= 0.3 is 0 Å². The fourth-order valence-electron chi connectivity index (χ4n) is 10.1. The largest absolute Gasteiger partial charge is 0.308 e. The number of hydrogen-bond donors (Lipinski definition) is 0. The van der Waals surface area contributed by atoms with E-state index in [4.69, 9.17) is 9.97 Å². The number of rotatable bonds is 5. The fourth-order valence-corrected chi connectivity index (χ4v) is 10.1. The van der Waals surface area contributed by atoms with Crippen LogP contribution in [0.15, 0.2) is 127 Å². The van der Waals surface area contributed by atoms with Gasteiger partial charge < -0.3 is 9.13 Å². The average Bonchev–Trinajstić information content (AvgIpc) is 3.71. The summed E-state index contributed by atoms with van der Waals surface area (Å²) in [5.74, 6) is 0.613. The van der Waals surface area contributed by atoms with Gasteiger partial charge in [-0.25, -0.2) is 9.97 Å². The maximum Gasteiger partial charge on any atom is 0.163 e. The summed E-state index contributed by atoms with van der Waals surface area (Å²) in [6.07, 6.45) is 0. The highest BCUT2D eigenvalue weighted by atomic mass is 15.0. The fraction of sp³-hybridized carbons (Fsp3) is 0.145. The van der Waals surface area contributed by atoms with E-state index in [0.717, 1.165) is 83.1 Å². The van der Waals surface area contributed by atoms with Gasteiger partial charge in [0.15, 0.2) is 5.82 Å². The van der Waals surface area contributed by atoms with E-state index in [-0.39, 0.29) is 0 Å². The van der Waals surface area contributed by atoms with Crippen LogP contribution >= 0.6 is 0 Å². The number of nitriles is 1. The molecule has 0 amide bonds. The topological polar surface area (TPSA) is 59.4 Å². The lowest BCUT2D eigenvalue weighted by Crippen LogP contribution is -2.07. The molecule has 5 heteroatoms. The molecule has 10 aromatic rings. The standard InChI is InChI=1S/C55H45N5/c1-31-21-33(3)52(34(4)22-31)40-17-19-44-42-13-9-11-15-46(42)59(48(44)28-40)50-26-39(30-56)27-51(54(50)55-57-37(7)25-38(8)58-55)60-47-16-12-10-14-43(47)45-20-18-41(29-49(45)60)53-35(5)23-32(2)24-36(53)6/h9-29H,1-8H3. The van der Waals surface area contributed by atoms with Crippen molar-refractivity contribution in [3.8, 4) is 51.1 Å². The molecule has 5 nitrogen and oxygen atoms in total. The Labute approximate surface area is 350 Å². The second kappa shape index (κ2) is 13.9. The van der Waals surface area contributed by atoms with Gasteiger partial charge in [0.25, 0.3) is 0 Å². The highest BCUT2D eigenvalue weighted by Gasteiger charge is 2.26. The Hall–Kier alpha value is -7.29. The third-order valence-electron chi connectivity index (χ3n) is 12.2. The van der Waals surface area contributed by atoms with E-state index in [9.17, 15) is 5.26 Å². The maximum absolute atomic E-state index is 10.9. The number of para-hydroxylation sites is 2. The molecule has 3 aromatic heterocycles. The first-order valence-corrected chi connectivity index (χ1v) is 20.6. The normalized spacial score (nSPS) is 11.7. The van der Waals surface area contributed by atoms with Gasteiger partial charge in [-0.15, -0.1) is 0 Å². The molecule has 0 radical (unpaired) electrons. The third-order valence-corrected chi connectivity index (χ3v) is 12.2. The second-order valence-corrected chi connectivity index (χ2v) is 16.7. The van der Waals surface area contributed by atoms with Gasteiger partial charge in [0.05, 0.1) is 50.6 Å². The smallest absolute Gasteiger partial charge is 0.163 e. The molecular formula is C55H45N5. The molecular weight excluding hydrogens is 731 g/mol. The zero-order valence-corrected chi connectivity index (χ0v) is 35.4. The molecule has 0 saturated heterocycles. The Kier molecular flexibility index (Phi) is 8.59. The van der Waals surface area contributed by atoms with E-state index in [1.807, 2.05) is 32.0 Å². The van der Waals surface area contributed by atoms with E-state index in [1.165, 1.54) is 44.5 Å². The summed E-state index contributed by atoms with van der Waals surface area (Å²) in [5, 5.41) is 15.5. The summed E-state index contributed by atoms with van der Waals surface area (Å²) in [7, 11) is 0. The summed E-state index contributed by atoms with van der Waals surface area (Å²) in [6, 6.07) is 48.5. The van der Waals surface area contributed by atoms with Gasteiger partial charge in [-0.2, -0.15) is 5.26 Å². The molecule has 0 saturated carbocycles. The van der Waals surface area contributed by atoms with Crippen LogP contribution in [0.25, 0.3) is 88.6 Å². The van der Waals surface area contributed by atoms with Crippen molar-refractivity contribution < 1.29 is 0 Å². The van der Waals surface area contributed by atoms with Crippen molar-refractivity contribution in [2.75, 3.05) is 0 Å². The number of hydrogen-bond acceptors (Lipinski definition) is 3. The van der Waals surface area contributed by atoms with Crippen LogP contribution in [-0.4, -0.2) is 19.1 Å². The molecule has 0 unspecified atom stereocenters. The SMILES string of the molecule is Cc1cc(C)c(-c2ccc3c4ccccc4n(-c4cc(C#N)cc(-n5c6ccccc6c6ccc(-c7c(C)cc(C)cc7C)cc65)c4-c4nc(C)cc(C)n4)c3c2)c(C)c1. The Morgan fingerprint density at radius 3 is 1.23 bits per heavy atom. The highest BCUT2D eigenvalue weighted by Crippen LogP contribution is 2.44.